The molecule has 0 heterocycles. The molecule has 1 N–H and O–H groups in total. The second-order valence-corrected chi connectivity index (χ2v) is 5.44. The van der Waals surface area contributed by atoms with Gasteiger partial charge in [0.15, 0.2) is 0 Å². The van der Waals surface area contributed by atoms with Crippen LogP contribution in [0.2, 0.25) is 0 Å². The second-order valence-electron chi connectivity index (χ2n) is 2.82. The second kappa shape index (κ2) is 5.15. The summed E-state index contributed by atoms with van der Waals surface area (Å²) >= 11 is 2.85. The van der Waals surface area contributed by atoms with Crippen molar-refractivity contribution in [1.82, 2.24) is 4.72 Å². The largest absolute Gasteiger partial charge is 0.251 e. The summed E-state index contributed by atoms with van der Waals surface area (Å²) in [5.41, 5.74) is 0. The lowest BCUT2D eigenvalue weighted by Gasteiger charge is -2.06. The molecule has 0 saturated carbocycles. The van der Waals surface area contributed by atoms with Gasteiger partial charge in [-0.15, -0.1) is 0 Å². The molecule has 0 radical (unpaired) electrons. The zero-order valence-corrected chi connectivity index (χ0v) is 10.2. The summed E-state index contributed by atoms with van der Waals surface area (Å²) in [4.78, 5) is -0.395. The first-order chi connectivity index (χ1) is 7.33. The third-order valence-electron chi connectivity index (χ3n) is 1.63. The van der Waals surface area contributed by atoms with Gasteiger partial charge in [-0.2, -0.15) is 0 Å². The van der Waals surface area contributed by atoms with Crippen molar-refractivity contribution in [3.8, 4) is 0 Å². The molecule has 8 heteroatoms. The van der Waals surface area contributed by atoms with Crippen LogP contribution in [-0.4, -0.2) is 21.4 Å². The molecule has 1 rings (SSSR count). The van der Waals surface area contributed by atoms with Crippen LogP contribution >= 0.6 is 15.9 Å². The quantitative estimate of drug-likeness (QED) is 0.924. The molecular formula is C8H7BrF3NO2S. The Morgan fingerprint density at radius 1 is 1.38 bits per heavy atom. The molecule has 1 aromatic rings. The molecule has 16 heavy (non-hydrogen) atoms. The van der Waals surface area contributed by atoms with Gasteiger partial charge in [0.05, 0.1) is 15.9 Å². The number of sulfonamides is 1. The van der Waals surface area contributed by atoms with E-state index in [0.29, 0.717) is 0 Å². The van der Waals surface area contributed by atoms with Crippen LogP contribution in [0.15, 0.2) is 27.6 Å². The van der Waals surface area contributed by atoms with E-state index in [1.807, 2.05) is 0 Å². The fraction of sp³-hybridized carbons (Fsp3) is 0.250. The summed E-state index contributed by atoms with van der Waals surface area (Å²) in [7, 11) is -4.09. The average molecular weight is 318 g/mol. The lowest BCUT2D eigenvalue weighted by atomic mass is 10.3. The van der Waals surface area contributed by atoms with Crippen LogP contribution < -0.4 is 4.72 Å². The predicted molar refractivity (Wildman–Crippen MR) is 55.3 cm³/mol. The predicted octanol–water partition coefficient (Wildman–Crippen LogP) is 2.13. The van der Waals surface area contributed by atoms with Gasteiger partial charge in [0.25, 0.3) is 6.43 Å². The van der Waals surface area contributed by atoms with Crippen LogP contribution in [0.3, 0.4) is 0 Å². The number of nitrogens with one attached hydrogen (secondary N) is 1. The van der Waals surface area contributed by atoms with Gasteiger partial charge >= 0.3 is 0 Å². The number of halogens is 4. The number of rotatable bonds is 4. The van der Waals surface area contributed by atoms with E-state index in [9.17, 15) is 21.6 Å². The maximum Gasteiger partial charge on any atom is 0.251 e. The van der Waals surface area contributed by atoms with Gasteiger partial charge in [0.1, 0.15) is 5.82 Å². The topological polar surface area (TPSA) is 46.2 Å². The highest BCUT2D eigenvalue weighted by Gasteiger charge is 2.17. The number of hydrogen-bond donors (Lipinski definition) is 1. The summed E-state index contributed by atoms with van der Waals surface area (Å²) in [5.74, 6) is -0.778. The standard InChI is InChI=1S/C8H7BrF3NO2S/c9-6-2-1-5(3-7(6)10)16(14,15)13-4-8(11)12/h1-3,8,13H,4H2. The highest BCUT2D eigenvalue weighted by molar-refractivity contribution is 9.10. The van der Waals surface area contributed by atoms with Crippen LogP contribution in [0.4, 0.5) is 13.2 Å². The first-order valence-corrected chi connectivity index (χ1v) is 6.33. The van der Waals surface area contributed by atoms with E-state index in [4.69, 9.17) is 0 Å². The summed E-state index contributed by atoms with van der Waals surface area (Å²) in [6, 6.07) is 3.05. The highest BCUT2D eigenvalue weighted by atomic mass is 79.9. The Bertz CT molecular complexity index is 478. The third kappa shape index (κ3) is 3.46. The molecule has 0 fully saturated rings. The minimum Gasteiger partial charge on any atom is -0.209 e. The maximum absolute atomic E-state index is 13.0. The van der Waals surface area contributed by atoms with Crippen molar-refractivity contribution in [3.63, 3.8) is 0 Å². The van der Waals surface area contributed by atoms with Crippen molar-refractivity contribution in [2.24, 2.45) is 0 Å². The summed E-state index contributed by atoms with van der Waals surface area (Å²) < 4.78 is 61.2. The van der Waals surface area contributed by atoms with Crippen LogP contribution in [0.25, 0.3) is 0 Å². The fourth-order valence-corrected chi connectivity index (χ4v) is 2.16. The fourth-order valence-electron chi connectivity index (χ4n) is 0.900. The normalized spacial score (nSPS) is 12.1. The Morgan fingerprint density at radius 3 is 2.50 bits per heavy atom. The monoisotopic (exact) mass is 317 g/mol. The van der Waals surface area contributed by atoms with Gasteiger partial charge in [-0.3, -0.25) is 0 Å². The van der Waals surface area contributed by atoms with E-state index in [-0.39, 0.29) is 4.47 Å². The summed E-state index contributed by atoms with van der Waals surface area (Å²) in [6.45, 7) is -1.000. The molecule has 0 unspecified atom stereocenters. The number of benzene rings is 1. The molecule has 90 valence electrons. The Morgan fingerprint density at radius 2 is 2.00 bits per heavy atom. The van der Waals surface area contributed by atoms with Crippen molar-refractivity contribution in [2.75, 3.05) is 6.54 Å². The molecule has 0 aliphatic rings. The first-order valence-electron chi connectivity index (χ1n) is 4.06. The molecule has 0 aliphatic heterocycles. The molecule has 0 saturated heterocycles. The zero-order chi connectivity index (χ0) is 12.3. The molecular weight excluding hydrogens is 311 g/mol. The molecule has 0 atom stereocenters. The summed E-state index contributed by atoms with van der Waals surface area (Å²) in [6.07, 6.45) is -2.80. The Hall–Kier alpha value is -0.600. The van der Waals surface area contributed by atoms with Crippen LogP contribution in [0, 0.1) is 5.82 Å². The Kier molecular flexibility index (Phi) is 4.34. The lowest BCUT2D eigenvalue weighted by molar-refractivity contribution is 0.153. The van der Waals surface area contributed by atoms with Gasteiger partial charge in [-0.05, 0) is 34.1 Å². The van der Waals surface area contributed by atoms with Gasteiger partial charge in [0, 0.05) is 0 Å². The van der Waals surface area contributed by atoms with Crippen LogP contribution in [-0.2, 0) is 10.0 Å². The smallest absolute Gasteiger partial charge is 0.209 e. The van der Waals surface area contributed by atoms with E-state index in [1.165, 1.54) is 6.07 Å². The highest BCUT2D eigenvalue weighted by Crippen LogP contribution is 2.19. The van der Waals surface area contributed by atoms with Crippen molar-refractivity contribution >= 4 is 26.0 Å². The van der Waals surface area contributed by atoms with Gasteiger partial charge in [-0.1, -0.05) is 0 Å². The minimum absolute atomic E-state index is 0.0975. The molecule has 1 aromatic carbocycles. The van der Waals surface area contributed by atoms with E-state index in [0.717, 1.165) is 12.1 Å². The van der Waals surface area contributed by atoms with Crippen LogP contribution in [0.5, 0.6) is 0 Å². The van der Waals surface area contributed by atoms with Crippen molar-refractivity contribution in [2.45, 2.75) is 11.3 Å². The lowest BCUT2D eigenvalue weighted by Crippen LogP contribution is -2.28. The van der Waals surface area contributed by atoms with Gasteiger partial charge in [0.2, 0.25) is 10.0 Å². The van der Waals surface area contributed by atoms with Crippen molar-refractivity contribution < 1.29 is 21.6 Å². The Balaban J connectivity index is 2.94. The van der Waals surface area contributed by atoms with Gasteiger partial charge < -0.3 is 0 Å². The number of alkyl halides is 2. The van der Waals surface area contributed by atoms with E-state index >= 15 is 0 Å². The minimum atomic E-state index is -4.09. The first kappa shape index (κ1) is 13.5. The average Bonchev–Trinajstić information content (AvgIpc) is 2.19. The third-order valence-corrected chi connectivity index (χ3v) is 3.69. The molecule has 0 aromatic heterocycles. The SMILES string of the molecule is O=S(=O)(NCC(F)F)c1ccc(Br)c(F)c1. The van der Waals surface area contributed by atoms with E-state index in [2.05, 4.69) is 15.9 Å². The molecule has 0 spiro atoms. The molecule has 0 aliphatic carbocycles. The maximum atomic E-state index is 13.0. The Labute approximate surface area is 98.8 Å². The molecule has 0 amide bonds. The van der Waals surface area contributed by atoms with Crippen LogP contribution in [0.1, 0.15) is 0 Å². The molecule has 3 nitrogen and oxygen atoms in total. The van der Waals surface area contributed by atoms with Crippen molar-refractivity contribution in [1.29, 1.82) is 0 Å². The molecule has 0 bridgehead atoms. The number of hydrogen-bond acceptors (Lipinski definition) is 2. The van der Waals surface area contributed by atoms with Crippen molar-refractivity contribution in [3.05, 3.63) is 28.5 Å². The van der Waals surface area contributed by atoms with E-state index in [1.54, 1.807) is 4.72 Å². The summed E-state index contributed by atoms with van der Waals surface area (Å²) in [5, 5.41) is 0. The zero-order valence-electron chi connectivity index (χ0n) is 7.75. The van der Waals surface area contributed by atoms with E-state index < -0.39 is 33.7 Å². The van der Waals surface area contributed by atoms with Gasteiger partial charge in [-0.25, -0.2) is 26.3 Å².